The largest absolute Gasteiger partial charge is 0.356 e. The number of rotatable bonds is 8. The molecule has 0 saturated carbocycles. The van der Waals surface area contributed by atoms with Crippen LogP contribution in [0.1, 0.15) is 46.0 Å². The first-order chi connectivity index (χ1) is 7.20. The maximum absolute atomic E-state index is 11.1. The van der Waals surface area contributed by atoms with Crippen LogP contribution in [0, 0.1) is 0 Å². The predicted molar refractivity (Wildman–Crippen MR) is 60.5 cm³/mol. The van der Waals surface area contributed by atoms with Crippen molar-refractivity contribution in [3.05, 3.63) is 0 Å². The molecule has 0 radical (unpaired) electrons. The molecule has 0 aliphatic heterocycles. The highest BCUT2D eigenvalue weighted by atomic mass is 16.2. The van der Waals surface area contributed by atoms with E-state index in [0.29, 0.717) is 25.8 Å². The minimum Gasteiger partial charge on any atom is -0.356 e. The van der Waals surface area contributed by atoms with E-state index >= 15 is 0 Å². The molecule has 4 nitrogen and oxygen atoms in total. The van der Waals surface area contributed by atoms with Crippen LogP contribution >= 0.6 is 0 Å². The molecular formula is C11H22N2O2. The van der Waals surface area contributed by atoms with E-state index in [1.54, 1.807) is 0 Å². The first-order valence-corrected chi connectivity index (χ1v) is 5.74. The third-order valence-corrected chi connectivity index (χ3v) is 1.95. The smallest absolute Gasteiger partial charge is 0.220 e. The van der Waals surface area contributed by atoms with Crippen molar-refractivity contribution in [2.75, 3.05) is 13.1 Å². The van der Waals surface area contributed by atoms with Crippen molar-refractivity contribution >= 4 is 11.8 Å². The van der Waals surface area contributed by atoms with Crippen molar-refractivity contribution in [2.45, 2.75) is 46.0 Å². The van der Waals surface area contributed by atoms with Gasteiger partial charge in [0.1, 0.15) is 0 Å². The number of nitrogens with one attached hydrogen (secondary N) is 2. The molecule has 0 rings (SSSR count). The molecular weight excluding hydrogens is 192 g/mol. The summed E-state index contributed by atoms with van der Waals surface area (Å²) in [5.41, 5.74) is 0. The van der Waals surface area contributed by atoms with Crippen LogP contribution in [0.5, 0.6) is 0 Å². The van der Waals surface area contributed by atoms with Gasteiger partial charge in [-0.25, -0.2) is 0 Å². The van der Waals surface area contributed by atoms with Crippen molar-refractivity contribution < 1.29 is 9.59 Å². The van der Waals surface area contributed by atoms with Gasteiger partial charge in [-0.05, 0) is 19.3 Å². The second-order valence-electron chi connectivity index (χ2n) is 3.55. The Balaban J connectivity index is 3.30. The van der Waals surface area contributed by atoms with Crippen molar-refractivity contribution in [1.82, 2.24) is 10.6 Å². The van der Waals surface area contributed by atoms with Crippen LogP contribution in [-0.2, 0) is 9.59 Å². The van der Waals surface area contributed by atoms with Gasteiger partial charge in [0.15, 0.2) is 0 Å². The summed E-state index contributed by atoms with van der Waals surface area (Å²) in [6.45, 7) is 5.32. The highest BCUT2D eigenvalue weighted by molar-refractivity contribution is 5.76. The topological polar surface area (TPSA) is 58.2 Å². The summed E-state index contributed by atoms with van der Waals surface area (Å²) in [7, 11) is 0. The van der Waals surface area contributed by atoms with Crippen LogP contribution in [0.4, 0.5) is 0 Å². The standard InChI is InChI=1S/C11H22N2O2/c1-3-6-10(14)13-9-5-7-11(15)12-8-4-2/h3-9H2,1-2H3,(H,12,15)(H,13,14). The molecule has 0 aromatic heterocycles. The third-order valence-electron chi connectivity index (χ3n) is 1.95. The number of carbonyl (C=O) groups is 2. The van der Waals surface area contributed by atoms with E-state index in [1.165, 1.54) is 0 Å². The molecule has 0 aromatic rings. The molecule has 2 amide bonds. The average Bonchev–Trinajstić information content (AvgIpc) is 2.22. The lowest BCUT2D eigenvalue weighted by molar-refractivity contribution is -0.123. The van der Waals surface area contributed by atoms with E-state index in [2.05, 4.69) is 10.6 Å². The predicted octanol–water partition coefficient (Wildman–Crippen LogP) is 1.21. The molecule has 0 unspecified atom stereocenters. The van der Waals surface area contributed by atoms with Gasteiger partial charge in [0, 0.05) is 25.9 Å². The lowest BCUT2D eigenvalue weighted by atomic mass is 10.2. The third kappa shape index (κ3) is 9.25. The number of hydrogen-bond acceptors (Lipinski definition) is 2. The van der Waals surface area contributed by atoms with E-state index in [4.69, 9.17) is 0 Å². The van der Waals surface area contributed by atoms with Gasteiger partial charge in [-0.1, -0.05) is 13.8 Å². The van der Waals surface area contributed by atoms with Crippen molar-refractivity contribution in [3.63, 3.8) is 0 Å². The van der Waals surface area contributed by atoms with Gasteiger partial charge in [-0.3, -0.25) is 9.59 Å². The SMILES string of the molecule is CCCNC(=O)CCCNC(=O)CCC. The van der Waals surface area contributed by atoms with Crippen LogP contribution in [0.2, 0.25) is 0 Å². The maximum atomic E-state index is 11.1. The molecule has 88 valence electrons. The van der Waals surface area contributed by atoms with Crippen molar-refractivity contribution in [2.24, 2.45) is 0 Å². The Morgan fingerprint density at radius 1 is 0.867 bits per heavy atom. The van der Waals surface area contributed by atoms with Crippen molar-refractivity contribution in [1.29, 1.82) is 0 Å². The molecule has 2 N–H and O–H groups in total. The van der Waals surface area contributed by atoms with Crippen LogP contribution in [0.15, 0.2) is 0 Å². The van der Waals surface area contributed by atoms with E-state index < -0.39 is 0 Å². The summed E-state index contributed by atoms with van der Waals surface area (Å²) in [6.07, 6.45) is 3.60. The lowest BCUT2D eigenvalue weighted by Crippen LogP contribution is -2.27. The van der Waals surface area contributed by atoms with E-state index in [1.807, 2.05) is 13.8 Å². The molecule has 4 heteroatoms. The molecule has 15 heavy (non-hydrogen) atoms. The minimum absolute atomic E-state index is 0.0709. The van der Waals surface area contributed by atoms with Gasteiger partial charge in [-0.2, -0.15) is 0 Å². The molecule has 0 heterocycles. The Labute approximate surface area is 91.8 Å². The first-order valence-electron chi connectivity index (χ1n) is 5.74. The zero-order valence-electron chi connectivity index (χ0n) is 9.77. The molecule has 0 aliphatic rings. The average molecular weight is 214 g/mol. The lowest BCUT2D eigenvalue weighted by Gasteiger charge is -2.04. The Hall–Kier alpha value is -1.06. The van der Waals surface area contributed by atoms with Gasteiger partial charge in [0.2, 0.25) is 11.8 Å². The fraction of sp³-hybridized carbons (Fsp3) is 0.818. The highest BCUT2D eigenvalue weighted by Gasteiger charge is 2.01. The van der Waals surface area contributed by atoms with E-state index in [9.17, 15) is 9.59 Å². The summed E-state index contributed by atoms with van der Waals surface area (Å²) in [5, 5.41) is 5.57. The quantitative estimate of drug-likeness (QED) is 0.597. The number of hydrogen-bond donors (Lipinski definition) is 2. The zero-order valence-corrected chi connectivity index (χ0v) is 9.77. The summed E-state index contributed by atoms with van der Waals surface area (Å²) in [6, 6.07) is 0. The molecule has 0 saturated heterocycles. The Kier molecular flexibility index (Phi) is 8.82. The minimum atomic E-state index is 0.0709. The number of amides is 2. The van der Waals surface area contributed by atoms with Gasteiger partial charge in [-0.15, -0.1) is 0 Å². The highest BCUT2D eigenvalue weighted by Crippen LogP contribution is 1.90. The molecule has 0 aromatic carbocycles. The normalized spacial score (nSPS) is 9.73. The molecule has 0 bridgehead atoms. The van der Waals surface area contributed by atoms with Crippen LogP contribution < -0.4 is 10.6 Å². The van der Waals surface area contributed by atoms with Gasteiger partial charge < -0.3 is 10.6 Å². The summed E-state index contributed by atoms with van der Waals surface area (Å²) >= 11 is 0. The van der Waals surface area contributed by atoms with Gasteiger partial charge >= 0.3 is 0 Å². The Bertz CT molecular complexity index is 193. The maximum Gasteiger partial charge on any atom is 0.220 e. The summed E-state index contributed by atoms with van der Waals surface area (Å²) in [5.74, 6) is 0.146. The summed E-state index contributed by atoms with van der Waals surface area (Å²) in [4.78, 5) is 22.2. The van der Waals surface area contributed by atoms with Crippen LogP contribution in [0.3, 0.4) is 0 Å². The fourth-order valence-corrected chi connectivity index (χ4v) is 1.15. The Morgan fingerprint density at radius 3 is 2.07 bits per heavy atom. The first kappa shape index (κ1) is 13.9. The zero-order chi connectivity index (χ0) is 11.5. The van der Waals surface area contributed by atoms with Crippen LogP contribution in [-0.4, -0.2) is 24.9 Å². The fourth-order valence-electron chi connectivity index (χ4n) is 1.15. The van der Waals surface area contributed by atoms with Crippen molar-refractivity contribution in [3.8, 4) is 0 Å². The second kappa shape index (κ2) is 9.49. The molecule has 0 spiro atoms. The molecule has 0 aliphatic carbocycles. The van der Waals surface area contributed by atoms with Gasteiger partial charge in [0.25, 0.3) is 0 Å². The number of carbonyl (C=O) groups excluding carboxylic acids is 2. The molecule has 0 atom stereocenters. The molecule has 0 fully saturated rings. The van der Waals surface area contributed by atoms with Gasteiger partial charge in [0.05, 0.1) is 0 Å². The monoisotopic (exact) mass is 214 g/mol. The Morgan fingerprint density at radius 2 is 1.47 bits per heavy atom. The van der Waals surface area contributed by atoms with Crippen LogP contribution in [0.25, 0.3) is 0 Å². The summed E-state index contributed by atoms with van der Waals surface area (Å²) < 4.78 is 0. The van der Waals surface area contributed by atoms with E-state index in [0.717, 1.165) is 19.4 Å². The van der Waals surface area contributed by atoms with E-state index in [-0.39, 0.29) is 11.8 Å². The second-order valence-corrected chi connectivity index (χ2v) is 3.55.